The van der Waals surface area contributed by atoms with Gasteiger partial charge in [0.15, 0.2) is 5.82 Å². The molecule has 0 aliphatic rings. The number of hydrogen-bond donors (Lipinski definition) is 3. The number of sulfonamides is 1. The van der Waals surface area contributed by atoms with Gasteiger partial charge in [0, 0.05) is 7.05 Å². The lowest BCUT2D eigenvalue weighted by Crippen LogP contribution is -2.26. The molecule has 0 bridgehead atoms. The van der Waals surface area contributed by atoms with Gasteiger partial charge < -0.3 is 14.8 Å². The largest absolute Gasteiger partial charge is 0.493 e. The number of aromatic amines is 2. The molecule has 1 aromatic carbocycles. The second kappa shape index (κ2) is 7.17. The van der Waals surface area contributed by atoms with Crippen LogP contribution >= 0.6 is 0 Å². The molecule has 10 nitrogen and oxygen atoms in total. The molecule has 0 fully saturated rings. The Labute approximate surface area is 152 Å². The predicted molar refractivity (Wildman–Crippen MR) is 90.2 cm³/mol. The van der Waals surface area contributed by atoms with Crippen LogP contribution in [0.15, 0.2) is 46.3 Å². The average Bonchev–Trinajstić information content (AvgIpc) is 2.94. The lowest BCUT2D eigenvalue weighted by molar-refractivity contribution is 0.422. The number of aromatic nitrogens is 4. The molecule has 3 aromatic rings. The molecule has 0 unspecified atom stereocenters. The first-order valence-electron chi connectivity index (χ1n) is 7.47. The zero-order valence-corrected chi connectivity index (χ0v) is 14.7. The highest BCUT2D eigenvalue weighted by Gasteiger charge is 2.23. The molecule has 27 heavy (non-hydrogen) atoms. The molecule has 0 atom stereocenters. The molecule has 0 amide bonds. The van der Waals surface area contributed by atoms with Crippen molar-refractivity contribution in [2.24, 2.45) is 0 Å². The number of nitrogens with zero attached hydrogens (tertiary/aromatic N) is 3. The van der Waals surface area contributed by atoms with Crippen LogP contribution in [0.2, 0.25) is 0 Å². The number of aromatic hydroxyl groups is 1. The third kappa shape index (κ3) is 4.12. The van der Waals surface area contributed by atoms with Gasteiger partial charge in [-0.2, -0.15) is 4.31 Å². The molecule has 3 rings (SSSR count). The predicted octanol–water partition coefficient (Wildman–Crippen LogP) is 0.951. The zero-order valence-electron chi connectivity index (χ0n) is 13.9. The molecule has 142 valence electrons. The summed E-state index contributed by atoms with van der Waals surface area (Å²) in [6, 6.07) is 5.32. The Morgan fingerprint density at radius 3 is 2.37 bits per heavy atom. The van der Waals surface area contributed by atoms with E-state index in [0.717, 1.165) is 16.7 Å². The molecular formula is C15H14FN5O5S. The van der Waals surface area contributed by atoms with Gasteiger partial charge in [0.1, 0.15) is 5.75 Å². The van der Waals surface area contributed by atoms with Crippen molar-refractivity contribution < 1.29 is 22.7 Å². The number of halogens is 1. The van der Waals surface area contributed by atoms with E-state index in [2.05, 4.69) is 19.9 Å². The van der Waals surface area contributed by atoms with Gasteiger partial charge in [-0.1, -0.05) is 0 Å². The molecule has 12 heteroatoms. The molecule has 0 radical (unpaired) electrons. The Kier molecular flexibility index (Phi) is 4.92. The second-order valence-electron chi connectivity index (χ2n) is 5.42. The molecule has 3 N–H and O–H groups in total. The third-order valence-corrected chi connectivity index (χ3v) is 5.32. The topological polar surface area (TPSA) is 141 Å². The molecule has 0 spiro atoms. The molecule has 0 aliphatic heterocycles. The summed E-state index contributed by atoms with van der Waals surface area (Å²) in [5.74, 6) is -0.775. The summed E-state index contributed by atoms with van der Waals surface area (Å²) in [6.07, 6.45) is 1.88. The van der Waals surface area contributed by atoms with E-state index in [0.29, 0.717) is 0 Å². The van der Waals surface area contributed by atoms with E-state index in [1.54, 1.807) is 0 Å². The van der Waals surface area contributed by atoms with Crippen LogP contribution in [0.1, 0.15) is 5.69 Å². The number of ether oxygens (including phenoxy) is 1. The molecular weight excluding hydrogens is 381 g/mol. The number of imidazole rings is 1. The van der Waals surface area contributed by atoms with Gasteiger partial charge in [0.2, 0.25) is 15.9 Å². The summed E-state index contributed by atoms with van der Waals surface area (Å²) < 4.78 is 44.2. The van der Waals surface area contributed by atoms with Gasteiger partial charge in [-0.3, -0.25) is 4.98 Å². The molecule has 0 aliphatic carbocycles. The highest BCUT2D eigenvalue weighted by Crippen LogP contribution is 2.23. The maximum atomic E-state index is 12.8. The quantitative estimate of drug-likeness (QED) is 0.564. The van der Waals surface area contributed by atoms with Crippen molar-refractivity contribution in [3.63, 3.8) is 0 Å². The SMILES string of the molecule is CN(Cc1[nH]c(=O)[nH]c1O)S(=O)(=O)c1ccc(Oc2ncc(F)cn2)cc1. The summed E-state index contributed by atoms with van der Waals surface area (Å²) in [4.78, 5) is 22.8. The number of H-pyrrole nitrogens is 2. The number of benzene rings is 1. The van der Waals surface area contributed by atoms with Crippen LogP contribution in [-0.4, -0.2) is 44.8 Å². The summed E-state index contributed by atoms with van der Waals surface area (Å²) >= 11 is 0. The molecule has 0 saturated heterocycles. The van der Waals surface area contributed by atoms with E-state index < -0.39 is 27.4 Å². The Morgan fingerprint density at radius 2 is 1.81 bits per heavy atom. The van der Waals surface area contributed by atoms with Crippen molar-refractivity contribution in [2.45, 2.75) is 11.4 Å². The van der Waals surface area contributed by atoms with E-state index >= 15 is 0 Å². The number of nitrogens with one attached hydrogen (secondary N) is 2. The van der Waals surface area contributed by atoms with E-state index in [-0.39, 0.29) is 28.9 Å². The fourth-order valence-corrected chi connectivity index (χ4v) is 3.29. The average molecular weight is 395 g/mol. The highest BCUT2D eigenvalue weighted by molar-refractivity contribution is 7.89. The monoisotopic (exact) mass is 395 g/mol. The fraction of sp³-hybridized carbons (Fsp3) is 0.133. The molecule has 0 saturated carbocycles. The third-order valence-electron chi connectivity index (χ3n) is 3.50. The molecule has 2 aromatic heterocycles. The standard InChI is InChI=1S/C15H14FN5O5S/c1-21(8-12-13(22)20-14(23)19-12)27(24,25)11-4-2-10(3-5-11)26-15-17-6-9(16)7-18-15/h2-7,22H,8H2,1H3,(H2,19,20,23). The van der Waals surface area contributed by atoms with E-state index in [9.17, 15) is 22.7 Å². The minimum atomic E-state index is -3.89. The first-order chi connectivity index (χ1) is 12.8. The molecule has 2 heterocycles. The van der Waals surface area contributed by atoms with Gasteiger partial charge in [-0.05, 0) is 24.3 Å². The smallest absolute Gasteiger partial charge is 0.326 e. The summed E-state index contributed by atoms with van der Waals surface area (Å²) in [6.45, 7) is -0.241. The van der Waals surface area contributed by atoms with Gasteiger partial charge >= 0.3 is 11.7 Å². The zero-order chi connectivity index (χ0) is 19.6. The lowest BCUT2D eigenvalue weighted by atomic mass is 10.3. The Bertz CT molecular complexity index is 1090. The first kappa shape index (κ1) is 18.5. The fourth-order valence-electron chi connectivity index (χ4n) is 2.15. The van der Waals surface area contributed by atoms with Gasteiger partial charge in [-0.15, -0.1) is 0 Å². The summed E-state index contributed by atoms with van der Waals surface area (Å²) in [5, 5.41) is 9.55. The van der Waals surface area contributed by atoms with E-state index in [1.165, 1.54) is 31.3 Å². The Balaban J connectivity index is 1.75. The summed E-state index contributed by atoms with van der Waals surface area (Å²) in [7, 11) is -2.59. The normalized spacial score (nSPS) is 11.7. The van der Waals surface area contributed by atoms with Crippen molar-refractivity contribution in [3.05, 3.63) is 58.7 Å². The Hall–Kier alpha value is -3.25. The minimum Gasteiger partial charge on any atom is -0.493 e. The van der Waals surface area contributed by atoms with E-state index in [1.807, 2.05) is 0 Å². The van der Waals surface area contributed by atoms with Crippen LogP contribution in [-0.2, 0) is 16.6 Å². The highest BCUT2D eigenvalue weighted by atomic mass is 32.2. The van der Waals surface area contributed by atoms with Crippen LogP contribution in [0, 0.1) is 5.82 Å². The maximum Gasteiger partial charge on any atom is 0.326 e. The number of rotatable bonds is 6. The van der Waals surface area contributed by atoms with Crippen LogP contribution < -0.4 is 10.4 Å². The van der Waals surface area contributed by atoms with E-state index in [4.69, 9.17) is 4.74 Å². The lowest BCUT2D eigenvalue weighted by Gasteiger charge is -2.16. The van der Waals surface area contributed by atoms with Crippen molar-refractivity contribution in [1.29, 1.82) is 0 Å². The van der Waals surface area contributed by atoms with Crippen molar-refractivity contribution >= 4 is 10.0 Å². The number of hydrogen-bond acceptors (Lipinski definition) is 7. The van der Waals surface area contributed by atoms with Crippen LogP contribution in [0.5, 0.6) is 17.6 Å². The van der Waals surface area contributed by atoms with Gasteiger partial charge in [-0.25, -0.2) is 27.6 Å². The second-order valence-corrected chi connectivity index (χ2v) is 7.47. The minimum absolute atomic E-state index is 0.0326. The van der Waals surface area contributed by atoms with Crippen molar-refractivity contribution in [1.82, 2.24) is 24.2 Å². The van der Waals surface area contributed by atoms with Crippen molar-refractivity contribution in [3.8, 4) is 17.6 Å². The van der Waals surface area contributed by atoms with Crippen LogP contribution in [0.4, 0.5) is 4.39 Å². The summed E-state index contributed by atoms with van der Waals surface area (Å²) in [5.41, 5.74) is -0.600. The Morgan fingerprint density at radius 1 is 1.19 bits per heavy atom. The van der Waals surface area contributed by atoms with Crippen LogP contribution in [0.3, 0.4) is 0 Å². The van der Waals surface area contributed by atoms with Crippen molar-refractivity contribution in [2.75, 3.05) is 7.05 Å². The van der Waals surface area contributed by atoms with Crippen LogP contribution in [0.25, 0.3) is 0 Å². The first-order valence-corrected chi connectivity index (χ1v) is 8.91. The van der Waals surface area contributed by atoms with Gasteiger partial charge in [0.25, 0.3) is 0 Å². The van der Waals surface area contributed by atoms with Gasteiger partial charge in [0.05, 0.1) is 29.5 Å². The maximum absolute atomic E-state index is 12.8.